The maximum absolute atomic E-state index is 9.93. The second-order valence-corrected chi connectivity index (χ2v) is 4.42. The molecule has 1 aliphatic heterocycles. The fourth-order valence-corrected chi connectivity index (χ4v) is 2.07. The van der Waals surface area contributed by atoms with Crippen LogP contribution >= 0.6 is 0 Å². The maximum Gasteiger partial charge on any atom is 0.125 e. The minimum atomic E-state index is -0.448. The van der Waals surface area contributed by atoms with E-state index in [1.54, 1.807) is 0 Å². The summed E-state index contributed by atoms with van der Waals surface area (Å²) >= 11 is 0. The molecule has 1 N–H and O–H groups in total. The zero-order valence-electron chi connectivity index (χ0n) is 10.3. The molecular formula is C14H20O3. The van der Waals surface area contributed by atoms with E-state index in [1.165, 1.54) is 0 Å². The Morgan fingerprint density at radius 3 is 3.00 bits per heavy atom. The molecule has 17 heavy (non-hydrogen) atoms. The summed E-state index contributed by atoms with van der Waals surface area (Å²) in [5, 5.41) is 9.93. The van der Waals surface area contributed by atoms with E-state index in [4.69, 9.17) is 9.47 Å². The van der Waals surface area contributed by atoms with Crippen LogP contribution in [0.5, 0.6) is 5.75 Å². The number of aliphatic hydroxyl groups excluding tert-OH is 1. The lowest BCUT2D eigenvalue weighted by Gasteiger charge is -2.25. The fourth-order valence-electron chi connectivity index (χ4n) is 2.07. The second kappa shape index (κ2) is 6.03. The highest BCUT2D eigenvalue weighted by molar-refractivity contribution is 5.35. The Hall–Kier alpha value is -1.06. The van der Waals surface area contributed by atoms with Crippen molar-refractivity contribution in [2.24, 2.45) is 0 Å². The molecule has 0 amide bonds. The molecule has 2 atom stereocenters. The maximum atomic E-state index is 9.93. The molecule has 1 aromatic rings. The van der Waals surface area contributed by atoms with Gasteiger partial charge in [-0.3, -0.25) is 0 Å². The van der Waals surface area contributed by atoms with Gasteiger partial charge in [-0.1, -0.05) is 25.1 Å². The molecule has 0 saturated carbocycles. The highest BCUT2D eigenvalue weighted by Gasteiger charge is 2.18. The van der Waals surface area contributed by atoms with Crippen LogP contribution in [0.3, 0.4) is 0 Å². The molecule has 1 aliphatic rings. The Labute approximate surface area is 102 Å². The van der Waals surface area contributed by atoms with Crippen LogP contribution in [0.1, 0.15) is 37.9 Å². The van der Waals surface area contributed by atoms with Gasteiger partial charge in [0.15, 0.2) is 0 Å². The average molecular weight is 236 g/mol. The van der Waals surface area contributed by atoms with Gasteiger partial charge in [0.1, 0.15) is 11.9 Å². The first kappa shape index (κ1) is 12.4. The van der Waals surface area contributed by atoms with Crippen LogP contribution in [-0.2, 0) is 4.74 Å². The molecule has 0 aromatic heterocycles. The van der Waals surface area contributed by atoms with Crippen LogP contribution in [-0.4, -0.2) is 24.4 Å². The monoisotopic (exact) mass is 236 g/mol. The first-order chi connectivity index (χ1) is 8.31. The van der Waals surface area contributed by atoms with Crippen LogP contribution in [0.2, 0.25) is 0 Å². The molecule has 0 aliphatic carbocycles. The Kier molecular flexibility index (Phi) is 4.40. The highest BCUT2D eigenvalue weighted by atomic mass is 16.5. The van der Waals surface area contributed by atoms with E-state index < -0.39 is 6.10 Å². The van der Waals surface area contributed by atoms with Crippen LogP contribution in [0.4, 0.5) is 0 Å². The third-order valence-corrected chi connectivity index (χ3v) is 3.08. The summed E-state index contributed by atoms with van der Waals surface area (Å²) in [6.07, 6.45) is 2.44. The zero-order valence-corrected chi connectivity index (χ0v) is 10.3. The fraction of sp³-hybridized carbons (Fsp3) is 0.571. The summed E-state index contributed by atoms with van der Waals surface area (Å²) in [4.78, 5) is 0. The Balaban J connectivity index is 2.08. The standard InChI is InChI=1S/C14H20O3/c1-2-13(15)12-7-3-4-8-14(12)17-11-6-5-9-16-10-11/h3-4,7-8,11,13,15H,2,5-6,9-10H2,1H3. The highest BCUT2D eigenvalue weighted by Crippen LogP contribution is 2.28. The molecule has 2 unspecified atom stereocenters. The van der Waals surface area contributed by atoms with Crippen molar-refractivity contribution in [3.05, 3.63) is 29.8 Å². The van der Waals surface area contributed by atoms with E-state index >= 15 is 0 Å². The molecule has 0 spiro atoms. The number of rotatable bonds is 4. The molecule has 0 radical (unpaired) electrons. The van der Waals surface area contributed by atoms with E-state index in [9.17, 15) is 5.11 Å². The first-order valence-corrected chi connectivity index (χ1v) is 6.32. The summed E-state index contributed by atoms with van der Waals surface area (Å²) in [7, 11) is 0. The van der Waals surface area contributed by atoms with Gasteiger partial charge in [-0.2, -0.15) is 0 Å². The van der Waals surface area contributed by atoms with Crippen molar-refractivity contribution in [3.63, 3.8) is 0 Å². The van der Waals surface area contributed by atoms with E-state index in [0.717, 1.165) is 30.8 Å². The summed E-state index contributed by atoms with van der Waals surface area (Å²) in [5.74, 6) is 0.789. The molecule has 0 bridgehead atoms. The molecule has 1 heterocycles. The normalized spacial score (nSPS) is 22.1. The van der Waals surface area contributed by atoms with Gasteiger partial charge in [0.05, 0.1) is 12.7 Å². The van der Waals surface area contributed by atoms with E-state index in [0.29, 0.717) is 13.0 Å². The third kappa shape index (κ3) is 3.20. The summed E-state index contributed by atoms with van der Waals surface area (Å²) in [6.45, 7) is 3.45. The number of ether oxygens (including phenoxy) is 2. The van der Waals surface area contributed by atoms with Gasteiger partial charge in [-0.25, -0.2) is 0 Å². The van der Waals surface area contributed by atoms with Gasteiger partial charge in [0, 0.05) is 12.2 Å². The summed E-state index contributed by atoms with van der Waals surface area (Å²) in [5.41, 5.74) is 0.876. The van der Waals surface area contributed by atoms with Crippen LogP contribution in [0.15, 0.2) is 24.3 Å². The minimum absolute atomic E-state index is 0.119. The van der Waals surface area contributed by atoms with Gasteiger partial charge in [-0.15, -0.1) is 0 Å². The second-order valence-electron chi connectivity index (χ2n) is 4.42. The van der Waals surface area contributed by atoms with Crippen molar-refractivity contribution in [3.8, 4) is 5.75 Å². The number of hydrogen-bond acceptors (Lipinski definition) is 3. The molecule has 1 fully saturated rings. The minimum Gasteiger partial charge on any atom is -0.488 e. The Morgan fingerprint density at radius 1 is 1.47 bits per heavy atom. The molecule has 3 heteroatoms. The smallest absolute Gasteiger partial charge is 0.125 e. The van der Waals surface area contributed by atoms with Gasteiger partial charge in [0.25, 0.3) is 0 Å². The van der Waals surface area contributed by atoms with E-state index in [2.05, 4.69) is 0 Å². The number of benzene rings is 1. The average Bonchev–Trinajstić information content (AvgIpc) is 2.40. The van der Waals surface area contributed by atoms with Gasteiger partial charge in [0.2, 0.25) is 0 Å². The van der Waals surface area contributed by atoms with Crippen molar-refractivity contribution >= 4 is 0 Å². The Bertz CT molecular complexity index is 345. The topological polar surface area (TPSA) is 38.7 Å². The molecule has 1 saturated heterocycles. The van der Waals surface area contributed by atoms with Crippen molar-refractivity contribution < 1.29 is 14.6 Å². The van der Waals surface area contributed by atoms with E-state index in [1.807, 2.05) is 31.2 Å². The number of hydrogen-bond donors (Lipinski definition) is 1. The molecule has 3 nitrogen and oxygen atoms in total. The third-order valence-electron chi connectivity index (χ3n) is 3.08. The predicted molar refractivity (Wildman–Crippen MR) is 66.2 cm³/mol. The van der Waals surface area contributed by atoms with Gasteiger partial charge < -0.3 is 14.6 Å². The van der Waals surface area contributed by atoms with Crippen LogP contribution in [0.25, 0.3) is 0 Å². The summed E-state index contributed by atoms with van der Waals surface area (Å²) in [6, 6.07) is 7.71. The molecule has 94 valence electrons. The van der Waals surface area contributed by atoms with Gasteiger partial charge >= 0.3 is 0 Å². The van der Waals surface area contributed by atoms with E-state index in [-0.39, 0.29) is 6.10 Å². The SMILES string of the molecule is CCC(O)c1ccccc1OC1CCCOC1. The lowest BCUT2D eigenvalue weighted by Crippen LogP contribution is -2.28. The van der Waals surface area contributed by atoms with Crippen LogP contribution < -0.4 is 4.74 Å². The number of para-hydroxylation sites is 1. The van der Waals surface area contributed by atoms with Crippen molar-refractivity contribution in [2.45, 2.75) is 38.4 Å². The lowest BCUT2D eigenvalue weighted by molar-refractivity contribution is 0.00593. The molecule has 1 aromatic carbocycles. The largest absolute Gasteiger partial charge is 0.488 e. The van der Waals surface area contributed by atoms with Crippen molar-refractivity contribution in [2.75, 3.05) is 13.2 Å². The van der Waals surface area contributed by atoms with Gasteiger partial charge in [-0.05, 0) is 25.3 Å². The molecule has 2 rings (SSSR count). The Morgan fingerprint density at radius 2 is 2.29 bits per heavy atom. The quantitative estimate of drug-likeness (QED) is 0.873. The zero-order chi connectivity index (χ0) is 12.1. The number of aliphatic hydroxyl groups is 1. The summed E-state index contributed by atoms with van der Waals surface area (Å²) < 4.78 is 11.3. The van der Waals surface area contributed by atoms with Crippen LogP contribution in [0, 0.1) is 0 Å². The molecular weight excluding hydrogens is 216 g/mol. The predicted octanol–water partition coefficient (Wildman–Crippen LogP) is 2.69. The van der Waals surface area contributed by atoms with Crippen molar-refractivity contribution in [1.82, 2.24) is 0 Å². The van der Waals surface area contributed by atoms with Crippen molar-refractivity contribution in [1.29, 1.82) is 0 Å². The lowest BCUT2D eigenvalue weighted by atomic mass is 10.1. The first-order valence-electron chi connectivity index (χ1n) is 6.32.